The molecule has 1 aromatic rings. The van der Waals surface area contributed by atoms with E-state index in [0.29, 0.717) is 4.88 Å². The highest BCUT2D eigenvalue weighted by Crippen LogP contribution is 2.11. The van der Waals surface area contributed by atoms with Crippen LogP contribution in [0.5, 0.6) is 0 Å². The average Bonchev–Trinajstić information content (AvgIpc) is 2.67. The van der Waals surface area contributed by atoms with Gasteiger partial charge in [0.15, 0.2) is 0 Å². The summed E-state index contributed by atoms with van der Waals surface area (Å²) >= 11 is 4.71. The van der Waals surface area contributed by atoms with Gasteiger partial charge in [0.1, 0.15) is 4.88 Å². The third-order valence-corrected chi connectivity index (χ3v) is 3.55. The van der Waals surface area contributed by atoms with Gasteiger partial charge in [-0.25, -0.2) is 0 Å². The van der Waals surface area contributed by atoms with E-state index in [1.165, 1.54) is 11.3 Å². The fourth-order valence-corrected chi connectivity index (χ4v) is 1.84. The molecule has 0 aliphatic rings. The molecule has 0 saturated carbocycles. The summed E-state index contributed by atoms with van der Waals surface area (Å²) < 4.78 is 0. The van der Waals surface area contributed by atoms with Crippen LogP contribution in [0, 0.1) is 0 Å². The molecule has 3 nitrogen and oxygen atoms in total. The molecule has 0 bridgehead atoms. The molecule has 1 unspecified atom stereocenters. The van der Waals surface area contributed by atoms with Crippen molar-refractivity contribution in [2.45, 2.75) is 13.0 Å². The molecule has 1 atom stereocenters. The number of aromatic nitrogens is 1. The van der Waals surface area contributed by atoms with Crippen molar-refractivity contribution in [2.24, 2.45) is 0 Å². The van der Waals surface area contributed by atoms with Crippen LogP contribution in [0.1, 0.15) is 16.6 Å². The standard InChI is InChI=1S/C8H11BrN2OS/c1-6(3-9)11(2)8(12)7-4-10-5-13-7/h4-6H,3H2,1-2H3. The Labute approximate surface area is 89.9 Å². The lowest BCUT2D eigenvalue weighted by molar-refractivity contribution is 0.0763. The van der Waals surface area contributed by atoms with Crippen molar-refractivity contribution in [2.75, 3.05) is 12.4 Å². The number of carbonyl (C=O) groups excluding carboxylic acids is 1. The molecule has 0 N–H and O–H groups in total. The Kier molecular flexibility index (Phi) is 3.87. The van der Waals surface area contributed by atoms with Crippen molar-refractivity contribution < 1.29 is 4.79 Å². The third kappa shape index (κ3) is 2.51. The summed E-state index contributed by atoms with van der Waals surface area (Å²) in [5.41, 5.74) is 1.67. The predicted molar refractivity (Wildman–Crippen MR) is 57.5 cm³/mol. The van der Waals surface area contributed by atoms with Crippen LogP contribution in [-0.4, -0.2) is 34.2 Å². The first kappa shape index (κ1) is 10.7. The summed E-state index contributed by atoms with van der Waals surface area (Å²) in [6.45, 7) is 1.99. The monoisotopic (exact) mass is 262 g/mol. The number of amides is 1. The smallest absolute Gasteiger partial charge is 0.265 e. The Morgan fingerprint density at radius 3 is 3.00 bits per heavy atom. The molecule has 1 heterocycles. The molecular weight excluding hydrogens is 252 g/mol. The van der Waals surface area contributed by atoms with Gasteiger partial charge in [-0.15, -0.1) is 11.3 Å². The first-order chi connectivity index (χ1) is 6.16. The van der Waals surface area contributed by atoms with Gasteiger partial charge < -0.3 is 4.90 Å². The minimum Gasteiger partial charge on any atom is -0.337 e. The summed E-state index contributed by atoms with van der Waals surface area (Å²) in [5.74, 6) is 0.0365. The molecule has 1 amide bonds. The van der Waals surface area contributed by atoms with Gasteiger partial charge in [0.25, 0.3) is 5.91 Å². The molecule has 0 aromatic carbocycles. The number of alkyl halides is 1. The Hall–Kier alpha value is -0.420. The van der Waals surface area contributed by atoms with Crippen molar-refractivity contribution in [1.29, 1.82) is 0 Å². The van der Waals surface area contributed by atoms with E-state index in [9.17, 15) is 4.79 Å². The molecule has 0 aliphatic heterocycles. The number of nitrogens with zero attached hydrogens (tertiary/aromatic N) is 2. The highest BCUT2D eigenvalue weighted by Gasteiger charge is 2.17. The molecule has 0 fully saturated rings. The first-order valence-corrected chi connectivity index (χ1v) is 5.88. The van der Waals surface area contributed by atoms with E-state index in [0.717, 1.165) is 5.33 Å². The van der Waals surface area contributed by atoms with Crippen molar-refractivity contribution in [3.8, 4) is 0 Å². The molecule has 0 aliphatic carbocycles. The van der Waals surface area contributed by atoms with E-state index in [1.807, 2.05) is 6.92 Å². The van der Waals surface area contributed by atoms with E-state index in [4.69, 9.17) is 0 Å². The Bertz CT molecular complexity index is 276. The van der Waals surface area contributed by atoms with Crippen LogP contribution < -0.4 is 0 Å². The second-order valence-corrected chi connectivity index (χ2v) is 4.32. The summed E-state index contributed by atoms with van der Waals surface area (Å²) in [6.07, 6.45) is 1.60. The van der Waals surface area contributed by atoms with Crippen LogP contribution in [0.3, 0.4) is 0 Å². The Morgan fingerprint density at radius 1 is 1.85 bits per heavy atom. The minimum absolute atomic E-state index is 0.0365. The maximum absolute atomic E-state index is 11.7. The van der Waals surface area contributed by atoms with Crippen molar-refractivity contribution in [1.82, 2.24) is 9.88 Å². The number of hydrogen-bond acceptors (Lipinski definition) is 3. The maximum atomic E-state index is 11.7. The minimum atomic E-state index is 0.0365. The summed E-state index contributed by atoms with van der Waals surface area (Å²) in [6, 6.07) is 0.203. The van der Waals surface area contributed by atoms with Crippen LogP contribution in [0.4, 0.5) is 0 Å². The number of carbonyl (C=O) groups is 1. The Balaban J connectivity index is 2.68. The van der Waals surface area contributed by atoms with Crippen molar-refractivity contribution in [3.05, 3.63) is 16.6 Å². The van der Waals surface area contributed by atoms with Gasteiger partial charge in [-0.3, -0.25) is 9.78 Å². The van der Waals surface area contributed by atoms with Crippen molar-refractivity contribution >= 4 is 33.2 Å². The van der Waals surface area contributed by atoms with Crippen LogP contribution in [0.15, 0.2) is 11.7 Å². The highest BCUT2D eigenvalue weighted by molar-refractivity contribution is 9.09. The van der Waals surface area contributed by atoms with E-state index in [1.54, 1.807) is 23.7 Å². The second kappa shape index (κ2) is 4.72. The average molecular weight is 263 g/mol. The molecule has 0 radical (unpaired) electrons. The second-order valence-electron chi connectivity index (χ2n) is 2.79. The van der Waals surface area contributed by atoms with Gasteiger partial charge in [-0.2, -0.15) is 0 Å². The molecule has 0 saturated heterocycles. The lowest BCUT2D eigenvalue weighted by atomic mass is 10.3. The maximum Gasteiger partial charge on any atom is 0.265 e. The highest BCUT2D eigenvalue weighted by atomic mass is 79.9. The van der Waals surface area contributed by atoms with Gasteiger partial charge in [0, 0.05) is 18.4 Å². The topological polar surface area (TPSA) is 33.2 Å². The van der Waals surface area contributed by atoms with Crippen LogP contribution >= 0.6 is 27.3 Å². The normalized spacial score (nSPS) is 12.5. The van der Waals surface area contributed by atoms with Crippen LogP contribution in [0.25, 0.3) is 0 Å². The van der Waals surface area contributed by atoms with Gasteiger partial charge >= 0.3 is 0 Å². The number of rotatable bonds is 3. The molecule has 72 valence electrons. The fraction of sp³-hybridized carbons (Fsp3) is 0.500. The summed E-state index contributed by atoms with van der Waals surface area (Å²) in [4.78, 5) is 18.0. The zero-order chi connectivity index (χ0) is 9.84. The van der Waals surface area contributed by atoms with E-state index in [-0.39, 0.29) is 11.9 Å². The number of hydrogen-bond donors (Lipinski definition) is 0. The molecule has 5 heteroatoms. The lowest BCUT2D eigenvalue weighted by Crippen LogP contribution is -2.35. The lowest BCUT2D eigenvalue weighted by Gasteiger charge is -2.22. The molecule has 13 heavy (non-hydrogen) atoms. The fourth-order valence-electron chi connectivity index (χ4n) is 0.799. The van der Waals surface area contributed by atoms with Crippen LogP contribution in [0.2, 0.25) is 0 Å². The summed E-state index contributed by atoms with van der Waals surface area (Å²) in [7, 11) is 1.80. The van der Waals surface area contributed by atoms with E-state index >= 15 is 0 Å². The quantitative estimate of drug-likeness (QED) is 0.781. The zero-order valence-corrected chi connectivity index (χ0v) is 9.93. The van der Waals surface area contributed by atoms with Gasteiger partial charge in [0.2, 0.25) is 0 Å². The zero-order valence-electron chi connectivity index (χ0n) is 7.53. The molecular formula is C8H11BrN2OS. The first-order valence-electron chi connectivity index (χ1n) is 3.88. The Morgan fingerprint density at radius 2 is 2.54 bits per heavy atom. The molecule has 0 spiro atoms. The number of thiazole rings is 1. The van der Waals surface area contributed by atoms with E-state index in [2.05, 4.69) is 20.9 Å². The largest absolute Gasteiger partial charge is 0.337 e. The van der Waals surface area contributed by atoms with Crippen molar-refractivity contribution in [3.63, 3.8) is 0 Å². The van der Waals surface area contributed by atoms with Gasteiger partial charge in [-0.05, 0) is 6.92 Å². The SMILES string of the molecule is CC(CBr)N(C)C(=O)c1cncs1. The third-order valence-electron chi connectivity index (χ3n) is 1.85. The number of halogens is 1. The summed E-state index contributed by atoms with van der Waals surface area (Å²) in [5, 5.41) is 0.786. The molecule has 1 aromatic heterocycles. The predicted octanol–water partition coefficient (Wildman–Crippen LogP) is 2.00. The van der Waals surface area contributed by atoms with Gasteiger partial charge in [0.05, 0.1) is 11.7 Å². The molecule has 1 rings (SSSR count). The van der Waals surface area contributed by atoms with E-state index < -0.39 is 0 Å². The van der Waals surface area contributed by atoms with Crippen LogP contribution in [-0.2, 0) is 0 Å². The van der Waals surface area contributed by atoms with Gasteiger partial charge in [-0.1, -0.05) is 15.9 Å².